The molecule has 6 amide bonds. The van der Waals surface area contributed by atoms with Gasteiger partial charge in [0.2, 0.25) is 35.4 Å². The van der Waals surface area contributed by atoms with E-state index in [1.54, 1.807) is 24.3 Å². The first kappa shape index (κ1) is 103. The van der Waals surface area contributed by atoms with Crippen LogP contribution in [-0.4, -0.2) is 191 Å². The van der Waals surface area contributed by atoms with Crippen LogP contribution in [-0.2, 0) is 124 Å². The van der Waals surface area contributed by atoms with Gasteiger partial charge in [-0.1, -0.05) is 169 Å². The van der Waals surface area contributed by atoms with Crippen molar-refractivity contribution >= 4 is 111 Å². The number of amides is 6. The Balaban J connectivity index is 0.000000186. The van der Waals surface area contributed by atoms with Crippen LogP contribution in [0.4, 0.5) is 27.6 Å². The summed E-state index contributed by atoms with van der Waals surface area (Å²) in [5.41, 5.74) is 1.74. The number of alkyl halides is 3. The fourth-order valence-electron chi connectivity index (χ4n) is 20.2. The summed E-state index contributed by atoms with van der Waals surface area (Å²) in [5.74, 6) is 0.685. The Morgan fingerprint density at radius 1 is 0.446 bits per heavy atom. The molecular weight excluding hydrogens is 1830 g/mol. The number of rotatable bonds is 4. The summed E-state index contributed by atoms with van der Waals surface area (Å²) >= 11 is 12.5. The van der Waals surface area contributed by atoms with Gasteiger partial charge < -0.3 is 73.5 Å². The van der Waals surface area contributed by atoms with Crippen LogP contribution in [0.1, 0.15) is 235 Å². The number of carbonyl (C=O) groups is 6. The van der Waals surface area contributed by atoms with Crippen molar-refractivity contribution in [3.8, 4) is 17.6 Å². The Morgan fingerprint density at radius 3 is 1.30 bits per heavy atom. The first-order valence-corrected chi connectivity index (χ1v) is 46.3. The quantitative estimate of drug-likeness (QED) is 0.109. The van der Waals surface area contributed by atoms with Crippen LogP contribution in [0, 0.1) is 63.6 Å². The van der Waals surface area contributed by atoms with Crippen molar-refractivity contribution in [2.75, 3.05) is 19.6 Å². The van der Waals surface area contributed by atoms with E-state index in [0.29, 0.717) is 87.5 Å². The first-order valence-electron chi connectivity index (χ1n) is 45.5. The molecule has 27 nitrogen and oxygen atoms in total. The number of aromatic nitrogens is 6. The number of carbonyl (C=O) groups excluding carboxylic acids is 9. The van der Waals surface area contributed by atoms with E-state index in [9.17, 15) is 56.3 Å². The second kappa shape index (κ2) is 42.6. The van der Waals surface area contributed by atoms with Crippen molar-refractivity contribution < 1.29 is 140 Å². The Kier molecular flexibility index (Phi) is 33.7. The average molecular weight is 1950 g/mol. The molecule has 130 heavy (non-hydrogen) atoms. The van der Waals surface area contributed by atoms with Crippen LogP contribution in [0.5, 0.6) is 17.6 Å². The molecule has 3 aromatic carbocycles. The fraction of sp³-hybridized carbons (Fsp3) is 0.653. The maximum atomic E-state index is 14.0. The van der Waals surface area contributed by atoms with E-state index in [0.717, 1.165) is 144 Å². The summed E-state index contributed by atoms with van der Waals surface area (Å²) in [6.45, 7) is 24.7. The monoisotopic (exact) mass is 1950 g/mol. The number of benzene rings is 3. The second-order valence-corrected chi connectivity index (χ2v) is 41.0. The third-order valence-electron chi connectivity index (χ3n) is 27.9. The Bertz CT molecular complexity index is 5010. The molecule has 10 aliphatic rings. The number of aryl methyl sites for hydroxylation is 3. The summed E-state index contributed by atoms with van der Waals surface area (Å²) in [7, 11) is 0. The van der Waals surface area contributed by atoms with E-state index >= 15 is 0 Å². The zero-order chi connectivity index (χ0) is 91.1. The van der Waals surface area contributed by atoms with Crippen molar-refractivity contribution in [2.45, 2.75) is 310 Å². The predicted octanol–water partition coefficient (Wildman–Crippen LogP) is 16.5. The van der Waals surface area contributed by atoms with E-state index < -0.39 is 118 Å². The standard InChI is InChI=1S/C32H40ClN4O5.C32H42ClN4O5.C31H38F3N4O5.3V/c1-17-25(16-38)37-15-27(17)41-29-23(34-22-11-10-19(33)14-24(22)35-29)9-7-5-6-8-20-21-12-18(21)13-26(20)42-31(40)36-28(30(37)39)32(2,3)4;1-19-25(18-38)37-17-26(19)41-28-23(34-22-14-13-21(33)16-24(22)35-28)12-8-6-7-10-20-11-9-15-32(20,5)42-30(40)36-27(29(37)39)31(2,3)4;1-5-19-23(16-39)38-15-25(19)42-27-21(35-20-12-11-18(31(32,33)34)14-22(20)36-27)10-8-6-7-9-17-13-24(17)43-29(41)37-26(28(38)40)30(2,3)4;;;/h10-11,14,17-18,20-21,25-28H,5-9,12-13,15H2,1-4H3,(H,36,40);13-14,16,19-20,25-27H,6-12,15,17H2,1-5H3,(H,36,40);11-12,14,17,19,23-26H,5-10,13,15H2,1-4H3,(H,37,41);;;/q3*-1;;;/t17-,18?,20+,21?,25+,26+,27-,28+;19-,20+,25+,26-,27+,32+;17-,19+,23-,24-,25+,26-;;;/m001.../s1. The largest absolute Gasteiger partial charge is 0.540 e. The van der Waals surface area contributed by atoms with Gasteiger partial charge in [0.15, 0.2) is 0 Å². The van der Waals surface area contributed by atoms with E-state index in [4.69, 9.17) is 71.6 Å². The van der Waals surface area contributed by atoms with E-state index in [1.165, 1.54) is 27.2 Å². The van der Waals surface area contributed by atoms with Gasteiger partial charge in [0.05, 0.1) is 58.3 Å². The van der Waals surface area contributed by atoms with Crippen LogP contribution >= 0.6 is 23.2 Å². The molecule has 6 bridgehead atoms. The number of nitrogens with one attached hydrogen (secondary N) is 3. The summed E-state index contributed by atoms with van der Waals surface area (Å²) in [6.07, 6.45) is 17.0. The Morgan fingerprint density at radius 2 is 0.846 bits per heavy atom. The molecule has 703 valence electrons. The molecule has 4 aliphatic carbocycles. The Labute approximate surface area is 804 Å². The van der Waals surface area contributed by atoms with Crippen molar-refractivity contribution in [2.24, 2.45) is 63.6 Å². The molecule has 4 saturated carbocycles. The third kappa shape index (κ3) is 23.7. The van der Waals surface area contributed by atoms with Gasteiger partial charge in [0, 0.05) is 65.7 Å². The van der Waals surface area contributed by atoms with E-state index in [-0.39, 0.29) is 134 Å². The summed E-state index contributed by atoms with van der Waals surface area (Å²) in [4.78, 5) is 151. The zero-order valence-electron chi connectivity index (χ0n) is 76.2. The van der Waals surface area contributed by atoms with Gasteiger partial charge >= 0.3 is 24.5 Å². The third-order valence-corrected chi connectivity index (χ3v) is 28.3. The van der Waals surface area contributed by atoms with Gasteiger partial charge in [-0.25, -0.2) is 63.1 Å². The number of nitrogens with zero attached hydrogens (tertiary/aromatic N) is 9. The fourth-order valence-corrected chi connectivity index (χ4v) is 20.5. The maximum Gasteiger partial charge on any atom is 0.416 e. The van der Waals surface area contributed by atoms with E-state index in [2.05, 4.69) is 38.5 Å². The number of fused-ring (bicyclic) bond motifs is 17. The van der Waals surface area contributed by atoms with Crippen molar-refractivity contribution in [1.82, 2.24) is 60.6 Å². The minimum absolute atomic E-state index is 0. The first-order chi connectivity index (χ1) is 60.2. The molecule has 3 radical (unpaired) electrons. The number of hydrogen-bond donors (Lipinski definition) is 3. The number of ether oxygens (including phenoxy) is 6. The van der Waals surface area contributed by atoms with Gasteiger partial charge in [0.1, 0.15) is 71.3 Å². The molecule has 0 spiro atoms. The van der Waals surface area contributed by atoms with E-state index in [1.807, 2.05) is 108 Å². The molecule has 6 aliphatic heterocycles. The number of alkyl carbamates (subject to hydrolysis) is 3. The summed E-state index contributed by atoms with van der Waals surface area (Å²) in [5, 5.41) is 9.61. The summed E-state index contributed by atoms with van der Waals surface area (Å²) < 4.78 is 77.4. The molecule has 20 atom stereocenters. The Hall–Kier alpha value is -7.57. The van der Waals surface area contributed by atoms with Crippen molar-refractivity contribution in [3.05, 3.63) is 87.3 Å². The smallest absolute Gasteiger partial charge is 0.416 e. The SMILES string of the molecule is CC[C@@H]1[C@@H]2CN(C(=O)[C@H](C(C)(C)C)NC(=O)O[C@@H]3C[C@H]3CCCCCc3nc4ccc(C(F)(F)F)cc4nc3O2)[C@@H]1[C-]=O.C[C@@H]1[C@@H]2CN(C(=O)[C@H](C(C)(C)C)NC(=O)O[C@@H]3CC4CC4[C@H]3CCCCCc3nc4ccc(Cl)cc4nc3O2)[C@@H]1[C-]=O.C[C@@H]1[C@@H]2CN(C(=O)[C@H](C(C)(C)C)NC(=O)O[C@]3(C)CCC[C@H]3CCCCCc3nc4ccc(Cl)cc4nc3O2)[C@@H]1[C-]=O.[V].[V].[V]. The van der Waals surface area contributed by atoms with Crippen LogP contribution in [0.3, 0.4) is 0 Å². The van der Waals surface area contributed by atoms with Gasteiger partial charge in [-0.2, -0.15) is 13.2 Å². The van der Waals surface area contributed by atoms with Gasteiger partial charge in [-0.15, -0.1) is 0 Å². The molecule has 35 heteroatoms. The topological polar surface area (TPSA) is 332 Å². The minimum atomic E-state index is -4.55. The van der Waals surface area contributed by atoms with Crippen molar-refractivity contribution in [1.29, 1.82) is 0 Å². The molecule has 6 aromatic rings. The number of hydrogen-bond acceptors (Lipinski definition) is 21. The predicted molar refractivity (Wildman–Crippen MR) is 469 cm³/mol. The number of halogens is 5. The van der Waals surface area contributed by atoms with Crippen LogP contribution in [0.2, 0.25) is 10.0 Å². The van der Waals surface area contributed by atoms with Gasteiger partial charge in [0.25, 0.3) is 0 Å². The van der Waals surface area contributed by atoms with Crippen LogP contribution in [0.25, 0.3) is 33.1 Å². The van der Waals surface area contributed by atoms with Crippen LogP contribution in [0.15, 0.2) is 54.6 Å². The maximum absolute atomic E-state index is 14.0. The van der Waals surface area contributed by atoms with Crippen molar-refractivity contribution in [3.63, 3.8) is 0 Å². The van der Waals surface area contributed by atoms with Gasteiger partial charge in [-0.3, -0.25) is 14.4 Å². The second-order valence-electron chi connectivity index (χ2n) is 40.2. The van der Waals surface area contributed by atoms with Crippen LogP contribution < -0.4 is 30.2 Å². The minimum Gasteiger partial charge on any atom is -0.540 e. The normalized spacial score (nSPS) is 30.6. The zero-order valence-corrected chi connectivity index (χ0v) is 81.9. The molecule has 16 rings (SSSR count). The molecule has 3 N–H and O–H groups in total. The molecule has 9 heterocycles. The molecule has 3 aromatic heterocycles. The molecule has 2 unspecified atom stereocenters. The molecule has 7 fully saturated rings. The summed E-state index contributed by atoms with van der Waals surface area (Å²) in [6, 6.07) is 8.68. The molecule has 3 saturated heterocycles. The average Bonchev–Trinajstić information content (AvgIpc) is 1.60. The van der Waals surface area contributed by atoms with Gasteiger partial charge in [-0.05, 0) is 221 Å². The molecular formula is C95H120Cl2F3N12O15V3-3.